The minimum atomic E-state index is -2.15. The van der Waals surface area contributed by atoms with Gasteiger partial charge in [0.15, 0.2) is 0 Å². The van der Waals surface area contributed by atoms with Crippen molar-refractivity contribution in [2.24, 2.45) is 0 Å². The molecule has 5 heteroatoms. The van der Waals surface area contributed by atoms with Gasteiger partial charge in [0.1, 0.15) is 11.2 Å². The molecule has 0 aliphatic rings. The molecule has 0 saturated heterocycles. The molecule has 0 atom stereocenters. The fourth-order valence-corrected chi connectivity index (χ4v) is 6.47. The second-order valence-electron chi connectivity index (χ2n) is 12.3. The van der Waals surface area contributed by atoms with Gasteiger partial charge >= 0.3 is 0 Å². The van der Waals surface area contributed by atoms with E-state index in [2.05, 4.69) is 17.1 Å². The van der Waals surface area contributed by atoms with Crippen LogP contribution in [0.3, 0.4) is 0 Å². The summed E-state index contributed by atoms with van der Waals surface area (Å²) in [5, 5.41) is 4.06. The first-order valence-electron chi connectivity index (χ1n) is 19.4. The minimum Gasteiger partial charge on any atom is -0.501 e. The predicted molar refractivity (Wildman–Crippen MR) is 211 cm³/mol. The molecule has 6 aromatic carbocycles. The van der Waals surface area contributed by atoms with E-state index in [1.165, 1.54) is 6.20 Å². The summed E-state index contributed by atoms with van der Waals surface area (Å²) in [6.45, 7) is -2.15. The SMILES string of the molecule is [2H]C([2H])([2H])c1ccc(-c2[c-]ccc3c2oc2ccccc23)nc1.[2H]C([2H])(c1ccccc1)c1cc(-c2[c-]cc3oc4ccccc4c3c2)ncc1-c1ccccc1.[Ir]. The molecule has 1 radical (unpaired) electrons. The molecule has 0 unspecified atom stereocenters. The summed E-state index contributed by atoms with van der Waals surface area (Å²) in [5.41, 5.74) is 9.05. The molecule has 257 valence electrons. The summed E-state index contributed by atoms with van der Waals surface area (Å²) in [7, 11) is 0. The molecule has 0 bridgehead atoms. The Hall–Kier alpha value is -6.13. The maximum atomic E-state index is 9.09. The molecule has 4 heterocycles. The van der Waals surface area contributed by atoms with E-state index in [0.717, 1.165) is 60.5 Å². The van der Waals surface area contributed by atoms with Gasteiger partial charge in [-0.2, -0.15) is 0 Å². The summed E-state index contributed by atoms with van der Waals surface area (Å²) in [6.07, 6.45) is 1.44. The number of nitrogens with zero attached hydrogens (tertiary/aromatic N) is 2. The number of benzene rings is 6. The van der Waals surface area contributed by atoms with E-state index in [0.29, 0.717) is 28.1 Å². The molecule has 0 aliphatic heterocycles. The Labute approximate surface area is 328 Å². The van der Waals surface area contributed by atoms with Crippen LogP contribution in [0.1, 0.15) is 23.5 Å². The maximum Gasteiger partial charge on any atom is 0.120 e. The molecule has 0 spiro atoms. The molecule has 10 rings (SSSR count). The molecule has 4 nitrogen and oxygen atoms in total. The van der Waals surface area contributed by atoms with Crippen molar-refractivity contribution < 1.29 is 35.8 Å². The number of hydrogen-bond donors (Lipinski definition) is 0. The average molecular weight is 866 g/mol. The smallest absolute Gasteiger partial charge is 0.120 e. The first-order chi connectivity index (χ1) is 27.6. The van der Waals surface area contributed by atoms with Crippen molar-refractivity contribution >= 4 is 43.9 Å². The number of rotatable bonds is 5. The molecular formula is C48H32IrN2O2-2. The van der Waals surface area contributed by atoms with Crippen LogP contribution in [0, 0.1) is 19.0 Å². The van der Waals surface area contributed by atoms with Gasteiger partial charge in [0.2, 0.25) is 0 Å². The van der Waals surface area contributed by atoms with E-state index in [9.17, 15) is 0 Å². The molecule has 10 aromatic rings. The fraction of sp³-hybridized carbons (Fsp3) is 0.0417. The van der Waals surface area contributed by atoms with Crippen molar-refractivity contribution in [3.63, 3.8) is 0 Å². The Morgan fingerprint density at radius 2 is 1.32 bits per heavy atom. The number of pyridine rings is 2. The van der Waals surface area contributed by atoms with Crippen molar-refractivity contribution in [1.29, 1.82) is 0 Å². The number of para-hydroxylation sites is 2. The Morgan fingerprint density at radius 1 is 0.623 bits per heavy atom. The zero-order valence-corrected chi connectivity index (χ0v) is 30.5. The number of aromatic nitrogens is 2. The Morgan fingerprint density at radius 3 is 2.08 bits per heavy atom. The van der Waals surface area contributed by atoms with Gasteiger partial charge in [-0.15, -0.1) is 42.0 Å². The van der Waals surface area contributed by atoms with E-state index in [1.54, 1.807) is 18.3 Å². The third-order valence-corrected chi connectivity index (χ3v) is 8.99. The van der Waals surface area contributed by atoms with Crippen LogP contribution in [-0.4, -0.2) is 9.97 Å². The Kier molecular flexibility index (Phi) is 7.97. The number of fused-ring (bicyclic) bond motifs is 6. The van der Waals surface area contributed by atoms with Crippen molar-refractivity contribution in [3.8, 4) is 33.6 Å². The standard InChI is InChI=1S/C30H20NO.C18H12NO.Ir/c1-3-9-21(10-4-1)17-24-19-28(31-20-27(24)22-11-5-2-6-12-22)23-15-16-30-26(18-23)25-13-7-8-14-29(25)32-30;1-12-9-10-16(19-11-12)15-7-4-6-14-13-5-2-3-8-17(13)20-18(14)15;/h1-14,16,18-20H,17H2;2-6,8-11H,1H3;/q2*-1;/i17D2;1D3;. The molecule has 0 aliphatic carbocycles. The third kappa shape index (κ3) is 6.81. The van der Waals surface area contributed by atoms with Crippen molar-refractivity contribution in [2.45, 2.75) is 13.2 Å². The fourth-order valence-electron chi connectivity index (χ4n) is 6.47. The van der Waals surface area contributed by atoms with Gasteiger partial charge < -0.3 is 18.8 Å². The maximum absolute atomic E-state index is 9.09. The van der Waals surface area contributed by atoms with Gasteiger partial charge in [-0.1, -0.05) is 132 Å². The predicted octanol–water partition coefficient (Wildman–Crippen LogP) is 12.5. The van der Waals surface area contributed by atoms with Gasteiger partial charge in [-0.05, 0) is 59.0 Å². The van der Waals surface area contributed by atoms with Crippen LogP contribution < -0.4 is 0 Å². The van der Waals surface area contributed by atoms with E-state index in [4.69, 9.17) is 20.7 Å². The molecule has 0 fully saturated rings. The first kappa shape index (κ1) is 28.5. The molecular weight excluding hydrogens is 829 g/mol. The van der Waals surface area contributed by atoms with Crippen LogP contribution in [0.4, 0.5) is 0 Å². The van der Waals surface area contributed by atoms with Gasteiger partial charge in [0.25, 0.3) is 0 Å². The first-order valence-corrected chi connectivity index (χ1v) is 16.9. The topological polar surface area (TPSA) is 52.1 Å². The zero-order valence-electron chi connectivity index (χ0n) is 33.1. The zero-order chi connectivity index (χ0) is 39.1. The van der Waals surface area contributed by atoms with Crippen LogP contribution in [-0.2, 0) is 26.5 Å². The van der Waals surface area contributed by atoms with E-state index < -0.39 is 13.2 Å². The van der Waals surface area contributed by atoms with E-state index in [1.807, 2.05) is 140 Å². The van der Waals surface area contributed by atoms with Gasteiger partial charge in [-0.25, -0.2) is 0 Å². The molecule has 0 amide bonds. The Balaban J connectivity index is 0.000000171. The minimum absolute atomic E-state index is 0. The van der Waals surface area contributed by atoms with Gasteiger partial charge in [0.05, 0.1) is 11.2 Å². The summed E-state index contributed by atoms with van der Waals surface area (Å²) < 4.78 is 52.3. The average Bonchev–Trinajstić information content (AvgIpc) is 3.82. The molecule has 53 heavy (non-hydrogen) atoms. The third-order valence-electron chi connectivity index (χ3n) is 8.99. The Bertz CT molecular complexity index is 3030. The second kappa shape index (κ2) is 14.8. The van der Waals surface area contributed by atoms with Gasteiger partial charge in [0, 0.05) is 55.7 Å². The molecule has 0 saturated carbocycles. The number of furan rings is 2. The quantitative estimate of drug-likeness (QED) is 0.162. The van der Waals surface area contributed by atoms with Crippen molar-refractivity contribution in [1.82, 2.24) is 9.97 Å². The van der Waals surface area contributed by atoms with Crippen LogP contribution >= 0.6 is 0 Å². The van der Waals surface area contributed by atoms with Crippen LogP contribution in [0.5, 0.6) is 0 Å². The second-order valence-corrected chi connectivity index (χ2v) is 12.3. The summed E-state index contributed by atoms with van der Waals surface area (Å²) in [6, 6.07) is 54.1. The van der Waals surface area contributed by atoms with Crippen LogP contribution in [0.15, 0.2) is 173 Å². The summed E-state index contributed by atoms with van der Waals surface area (Å²) >= 11 is 0. The van der Waals surface area contributed by atoms with Crippen LogP contribution in [0.25, 0.3) is 77.5 Å². The largest absolute Gasteiger partial charge is 0.501 e. The van der Waals surface area contributed by atoms with Gasteiger partial charge in [-0.3, -0.25) is 0 Å². The van der Waals surface area contributed by atoms with Crippen molar-refractivity contribution in [2.75, 3.05) is 0 Å². The summed E-state index contributed by atoms with van der Waals surface area (Å²) in [5.74, 6) is 0. The van der Waals surface area contributed by atoms with E-state index in [-0.39, 0.29) is 25.7 Å². The molecule has 0 N–H and O–H groups in total. The summed E-state index contributed by atoms with van der Waals surface area (Å²) in [4.78, 5) is 9.02. The monoisotopic (exact) mass is 866 g/mol. The number of hydrogen-bond acceptors (Lipinski definition) is 4. The van der Waals surface area contributed by atoms with Crippen LogP contribution in [0.2, 0.25) is 0 Å². The molecule has 4 aromatic heterocycles. The van der Waals surface area contributed by atoms with Crippen molar-refractivity contribution in [3.05, 3.63) is 193 Å². The van der Waals surface area contributed by atoms with E-state index >= 15 is 0 Å². The normalized spacial score (nSPS) is 12.9. The number of aryl methyl sites for hydroxylation is 1.